The molecule has 1 heterocycles. The first kappa shape index (κ1) is 22.4. The Morgan fingerprint density at radius 3 is 2.26 bits per heavy atom. The highest BCUT2D eigenvalue weighted by Gasteiger charge is 2.19. The summed E-state index contributed by atoms with van der Waals surface area (Å²) >= 11 is 5.87. The van der Waals surface area contributed by atoms with Gasteiger partial charge in [-0.2, -0.15) is 0 Å². The Labute approximate surface area is 186 Å². The molecule has 0 saturated heterocycles. The molecular formula is C25H24ClNO4. The summed E-state index contributed by atoms with van der Waals surface area (Å²) in [6.45, 7) is 9.29. The van der Waals surface area contributed by atoms with Crippen molar-refractivity contribution < 1.29 is 19.1 Å². The van der Waals surface area contributed by atoms with Crippen LogP contribution in [0.25, 0.3) is 11.8 Å². The second kappa shape index (κ2) is 9.23. The number of hydrogen-bond donors (Lipinski definition) is 0. The maximum Gasteiger partial charge on any atom is 0.379 e. The van der Waals surface area contributed by atoms with Gasteiger partial charge in [0.05, 0.1) is 0 Å². The molecule has 2 aromatic carbocycles. The maximum absolute atomic E-state index is 12.7. The largest absolute Gasteiger partial charge is 0.421 e. The summed E-state index contributed by atoms with van der Waals surface area (Å²) < 4.78 is 12.6. The maximum atomic E-state index is 12.7. The van der Waals surface area contributed by atoms with E-state index < -0.39 is 11.9 Å². The number of aromatic nitrogens is 1. The van der Waals surface area contributed by atoms with Crippen molar-refractivity contribution in [3.63, 3.8) is 0 Å². The lowest BCUT2D eigenvalue weighted by atomic mass is 10.1. The average Bonchev–Trinajstić information content (AvgIpc) is 2.96. The van der Waals surface area contributed by atoms with Gasteiger partial charge in [0.2, 0.25) is 5.76 Å². The zero-order valence-corrected chi connectivity index (χ0v) is 18.9. The van der Waals surface area contributed by atoms with Gasteiger partial charge in [0.15, 0.2) is 0 Å². The van der Waals surface area contributed by atoms with Crippen LogP contribution in [0.4, 0.5) is 0 Å². The van der Waals surface area contributed by atoms with Gasteiger partial charge in [-0.3, -0.25) is 4.79 Å². The number of aryl methyl sites for hydroxylation is 3. The predicted molar refractivity (Wildman–Crippen MR) is 122 cm³/mol. The lowest BCUT2D eigenvalue weighted by Crippen LogP contribution is -2.15. The third kappa shape index (κ3) is 5.25. The molecule has 0 aliphatic carbocycles. The number of carbonyl (C=O) groups is 2. The molecular weight excluding hydrogens is 414 g/mol. The van der Waals surface area contributed by atoms with Crippen molar-refractivity contribution in [1.82, 2.24) is 4.57 Å². The van der Waals surface area contributed by atoms with E-state index in [9.17, 15) is 9.59 Å². The summed E-state index contributed by atoms with van der Waals surface area (Å²) in [5.41, 5.74) is 6.03. The molecule has 0 saturated carbocycles. The quantitative estimate of drug-likeness (QED) is 0.216. The first-order chi connectivity index (χ1) is 14.7. The molecule has 31 heavy (non-hydrogen) atoms. The summed E-state index contributed by atoms with van der Waals surface area (Å²) in [7, 11) is 0. The van der Waals surface area contributed by atoms with E-state index >= 15 is 0 Å². The zero-order valence-electron chi connectivity index (χ0n) is 18.2. The lowest BCUT2D eigenvalue weighted by molar-refractivity contribution is -0.145. The average molecular weight is 438 g/mol. The monoisotopic (exact) mass is 437 g/mol. The molecule has 5 nitrogen and oxygen atoms in total. The highest BCUT2D eigenvalue weighted by molar-refractivity contribution is 6.30. The van der Waals surface area contributed by atoms with Crippen LogP contribution in [-0.4, -0.2) is 16.5 Å². The Kier molecular flexibility index (Phi) is 6.66. The van der Waals surface area contributed by atoms with Gasteiger partial charge in [-0.1, -0.05) is 29.3 Å². The van der Waals surface area contributed by atoms with E-state index in [0.717, 1.165) is 28.2 Å². The van der Waals surface area contributed by atoms with Crippen LogP contribution in [0.5, 0.6) is 5.75 Å². The van der Waals surface area contributed by atoms with E-state index in [-0.39, 0.29) is 5.76 Å². The fourth-order valence-corrected chi connectivity index (χ4v) is 3.57. The SMILES string of the molecule is CC(=O)OC(=Cc1cc(C)n(-c2ccc(C)cc2C)c1C)C(=O)Oc1ccc(Cl)cc1. The second-order valence-electron chi connectivity index (χ2n) is 7.40. The fourth-order valence-electron chi connectivity index (χ4n) is 3.45. The zero-order chi connectivity index (χ0) is 22.7. The van der Waals surface area contributed by atoms with Crippen LogP contribution in [0, 0.1) is 27.7 Å². The van der Waals surface area contributed by atoms with E-state index in [1.807, 2.05) is 19.9 Å². The molecule has 0 aliphatic rings. The highest BCUT2D eigenvalue weighted by Crippen LogP contribution is 2.26. The number of carbonyl (C=O) groups excluding carboxylic acids is 2. The van der Waals surface area contributed by atoms with Crippen LogP contribution in [0.2, 0.25) is 5.02 Å². The number of ether oxygens (including phenoxy) is 2. The molecule has 0 atom stereocenters. The Hall–Kier alpha value is -3.31. The Bertz CT molecular complexity index is 1170. The Morgan fingerprint density at radius 1 is 0.968 bits per heavy atom. The minimum absolute atomic E-state index is 0.191. The van der Waals surface area contributed by atoms with Crippen molar-refractivity contribution in [2.24, 2.45) is 0 Å². The second-order valence-corrected chi connectivity index (χ2v) is 7.83. The van der Waals surface area contributed by atoms with E-state index in [1.54, 1.807) is 24.3 Å². The van der Waals surface area contributed by atoms with Gasteiger partial charge < -0.3 is 14.0 Å². The van der Waals surface area contributed by atoms with Gasteiger partial charge in [-0.05, 0) is 81.3 Å². The molecule has 0 fully saturated rings. The lowest BCUT2D eigenvalue weighted by Gasteiger charge is -2.13. The molecule has 0 unspecified atom stereocenters. The van der Waals surface area contributed by atoms with E-state index in [0.29, 0.717) is 10.8 Å². The van der Waals surface area contributed by atoms with Crippen LogP contribution < -0.4 is 4.74 Å². The first-order valence-electron chi connectivity index (χ1n) is 9.80. The molecule has 0 bridgehead atoms. The normalized spacial score (nSPS) is 11.4. The molecule has 3 rings (SSSR count). The fraction of sp³-hybridized carbons (Fsp3) is 0.200. The van der Waals surface area contributed by atoms with E-state index in [4.69, 9.17) is 21.1 Å². The summed E-state index contributed by atoms with van der Waals surface area (Å²) in [6.07, 6.45) is 1.53. The molecule has 1 aromatic heterocycles. The van der Waals surface area contributed by atoms with E-state index in [2.05, 4.69) is 36.6 Å². The summed E-state index contributed by atoms with van der Waals surface area (Å²) in [5, 5.41) is 0.523. The van der Waals surface area contributed by atoms with Crippen molar-refractivity contribution in [2.75, 3.05) is 0 Å². The highest BCUT2D eigenvalue weighted by atomic mass is 35.5. The van der Waals surface area contributed by atoms with Gasteiger partial charge in [0.1, 0.15) is 5.75 Å². The van der Waals surface area contributed by atoms with Gasteiger partial charge in [-0.25, -0.2) is 4.79 Å². The van der Waals surface area contributed by atoms with Gasteiger partial charge >= 0.3 is 11.9 Å². The number of hydrogen-bond acceptors (Lipinski definition) is 4. The Balaban J connectivity index is 1.99. The summed E-state index contributed by atoms with van der Waals surface area (Å²) in [5.74, 6) is -1.27. The van der Waals surface area contributed by atoms with Crippen molar-refractivity contribution >= 4 is 29.6 Å². The number of esters is 2. The van der Waals surface area contributed by atoms with Gasteiger partial charge in [0.25, 0.3) is 0 Å². The van der Waals surface area contributed by atoms with Crippen LogP contribution in [0.15, 0.2) is 54.3 Å². The minimum Gasteiger partial charge on any atom is -0.421 e. The smallest absolute Gasteiger partial charge is 0.379 e. The predicted octanol–water partition coefficient (Wildman–Crippen LogP) is 5.87. The minimum atomic E-state index is -0.770. The van der Waals surface area contributed by atoms with Crippen LogP contribution in [0.3, 0.4) is 0 Å². The molecule has 0 N–H and O–H groups in total. The van der Waals surface area contributed by atoms with Crippen molar-refractivity contribution in [2.45, 2.75) is 34.6 Å². The van der Waals surface area contributed by atoms with Crippen molar-refractivity contribution in [3.05, 3.63) is 87.4 Å². The first-order valence-corrected chi connectivity index (χ1v) is 10.2. The Morgan fingerprint density at radius 2 is 1.65 bits per heavy atom. The molecule has 0 spiro atoms. The van der Waals surface area contributed by atoms with Gasteiger partial charge in [-0.15, -0.1) is 0 Å². The number of benzene rings is 2. The summed E-state index contributed by atoms with van der Waals surface area (Å²) in [6, 6.07) is 14.5. The molecule has 3 aromatic rings. The molecule has 0 amide bonds. The number of rotatable bonds is 5. The van der Waals surface area contributed by atoms with Crippen LogP contribution in [0.1, 0.15) is 35.0 Å². The van der Waals surface area contributed by atoms with Gasteiger partial charge in [0, 0.05) is 29.0 Å². The molecule has 0 aliphatic heterocycles. The third-order valence-corrected chi connectivity index (χ3v) is 5.08. The standard InChI is InChI=1S/C25H24ClNO4/c1-15-6-11-23(16(2)12-15)27-17(3)13-20(18(27)4)14-24(30-19(5)28)25(29)31-22-9-7-21(26)8-10-22/h6-14H,1-5H3. The van der Waals surface area contributed by atoms with Crippen LogP contribution in [-0.2, 0) is 14.3 Å². The van der Waals surface area contributed by atoms with Crippen molar-refractivity contribution in [3.8, 4) is 11.4 Å². The van der Waals surface area contributed by atoms with E-state index in [1.165, 1.54) is 18.6 Å². The number of halogens is 1. The number of nitrogens with zero attached hydrogens (tertiary/aromatic N) is 1. The van der Waals surface area contributed by atoms with Crippen LogP contribution >= 0.6 is 11.6 Å². The van der Waals surface area contributed by atoms with Crippen molar-refractivity contribution in [1.29, 1.82) is 0 Å². The third-order valence-electron chi connectivity index (χ3n) is 4.83. The molecule has 6 heteroatoms. The molecule has 160 valence electrons. The summed E-state index contributed by atoms with van der Waals surface area (Å²) in [4.78, 5) is 24.3. The molecule has 0 radical (unpaired) electrons. The topological polar surface area (TPSA) is 57.5 Å².